The van der Waals surface area contributed by atoms with Crippen molar-refractivity contribution in [2.45, 2.75) is 31.7 Å². The van der Waals surface area contributed by atoms with Crippen LogP contribution in [-0.4, -0.2) is 40.0 Å². The summed E-state index contributed by atoms with van der Waals surface area (Å²) in [6.45, 7) is 2.12. The number of fused-ring (bicyclic) bond motifs is 3. The van der Waals surface area contributed by atoms with Gasteiger partial charge in [0.2, 0.25) is 11.7 Å². The van der Waals surface area contributed by atoms with Crippen LogP contribution in [-0.2, 0) is 16.0 Å². The number of aryl methyl sites for hydroxylation is 1. The molecule has 1 aliphatic carbocycles. The lowest BCUT2D eigenvalue weighted by Crippen LogP contribution is -2.39. The Morgan fingerprint density at radius 1 is 1.00 bits per heavy atom. The number of nitrogens with one attached hydrogen (secondary N) is 1. The molecule has 2 N–H and O–H groups in total. The van der Waals surface area contributed by atoms with Gasteiger partial charge in [0.25, 0.3) is 0 Å². The standard InChI is InChI=1S/C28H25N3O5/c1-17-10-12-18(13-11-17)27-30-25(36-31-27)14-19(15-26(32)33)29-28(34)35-16-24-22-8-4-2-6-20(22)21-7-3-5-9-23(21)24/h2-13,19,24H,14-16H2,1H3,(H,29,34)(H,32,33)/t19-/m1/s1. The van der Waals surface area contributed by atoms with Crippen LogP contribution in [0.25, 0.3) is 22.5 Å². The summed E-state index contributed by atoms with van der Waals surface area (Å²) in [6.07, 6.45) is -0.941. The molecule has 182 valence electrons. The quantitative estimate of drug-likeness (QED) is 0.364. The third-order valence-electron chi connectivity index (χ3n) is 6.29. The van der Waals surface area contributed by atoms with E-state index in [4.69, 9.17) is 9.26 Å². The van der Waals surface area contributed by atoms with E-state index in [0.717, 1.165) is 33.4 Å². The van der Waals surface area contributed by atoms with Gasteiger partial charge in [-0.3, -0.25) is 4.79 Å². The van der Waals surface area contributed by atoms with Gasteiger partial charge < -0.3 is 19.7 Å². The number of ether oxygens (including phenoxy) is 1. The number of aromatic nitrogens is 2. The fourth-order valence-corrected chi connectivity index (χ4v) is 4.56. The van der Waals surface area contributed by atoms with Crippen molar-refractivity contribution in [1.82, 2.24) is 15.5 Å². The van der Waals surface area contributed by atoms with Crippen LogP contribution in [0.5, 0.6) is 0 Å². The summed E-state index contributed by atoms with van der Waals surface area (Å²) in [6, 6.07) is 23.0. The van der Waals surface area contributed by atoms with E-state index in [9.17, 15) is 14.7 Å². The van der Waals surface area contributed by atoms with Gasteiger partial charge in [-0.05, 0) is 29.2 Å². The second kappa shape index (κ2) is 10.0. The highest BCUT2D eigenvalue weighted by molar-refractivity contribution is 5.79. The summed E-state index contributed by atoms with van der Waals surface area (Å²) in [5.41, 5.74) is 6.36. The van der Waals surface area contributed by atoms with Gasteiger partial charge in [0.05, 0.1) is 12.5 Å². The van der Waals surface area contributed by atoms with Gasteiger partial charge in [0.15, 0.2) is 0 Å². The molecule has 4 aromatic rings. The summed E-state index contributed by atoms with van der Waals surface area (Å²) in [5.74, 6) is -0.512. The molecule has 1 heterocycles. The number of hydrogen-bond acceptors (Lipinski definition) is 6. The largest absolute Gasteiger partial charge is 0.481 e. The molecule has 0 bridgehead atoms. The van der Waals surface area contributed by atoms with Crippen molar-refractivity contribution in [2.24, 2.45) is 0 Å². The number of carboxylic acids is 1. The van der Waals surface area contributed by atoms with Crippen LogP contribution in [0.4, 0.5) is 4.79 Å². The molecule has 36 heavy (non-hydrogen) atoms. The topological polar surface area (TPSA) is 115 Å². The summed E-state index contributed by atoms with van der Waals surface area (Å²) < 4.78 is 10.9. The monoisotopic (exact) mass is 483 g/mol. The summed E-state index contributed by atoms with van der Waals surface area (Å²) in [5, 5.41) is 16.0. The van der Waals surface area contributed by atoms with E-state index in [2.05, 4.69) is 27.6 Å². The first kappa shape index (κ1) is 23.3. The van der Waals surface area contributed by atoms with Crippen molar-refractivity contribution in [1.29, 1.82) is 0 Å². The number of benzene rings is 3. The number of amides is 1. The van der Waals surface area contributed by atoms with E-state index in [0.29, 0.717) is 5.82 Å². The van der Waals surface area contributed by atoms with E-state index in [1.54, 1.807) is 0 Å². The van der Waals surface area contributed by atoms with Gasteiger partial charge in [-0.25, -0.2) is 4.79 Å². The summed E-state index contributed by atoms with van der Waals surface area (Å²) in [7, 11) is 0. The van der Waals surface area contributed by atoms with Crippen LogP contribution in [0.2, 0.25) is 0 Å². The Kier molecular flexibility index (Phi) is 6.49. The zero-order chi connectivity index (χ0) is 25.1. The smallest absolute Gasteiger partial charge is 0.407 e. The number of carbonyl (C=O) groups excluding carboxylic acids is 1. The lowest BCUT2D eigenvalue weighted by atomic mass is 9.98. The van der Waals surface area contributed by atoms with Gasteiger partial charge in [0.1, 0.15) is 6.61 Å². The Labute approximate surface area is 207 Å². The van der Waals surface area contributed by atoms with E-state index in [1.807, 2.05) is 67.6 Å². The molecule has 1 aliphatic rings. The molecular formula is C28H25N3O5. The van der Waals surface area contributed by atoms with Gasteiger partial charge >= 0.3 is 12.1 Å². The molecule has 0 unspecified atom stereocenters. The molecule has 8 heteroatoms. The Hall–Kier alpha value is -4.46. The number of rotatable bonds is 8. The van der Waals surface area contributed by atoms with Crippen molar-refractivity contribution in [3.05, 3.63) is 95.4 Å². The fourth-order valence-electron chi connectivity index (χ4n) is 4.56. The number of alkyl carbamates (subject to hydrolysis) is 1. The van der Waals surface area contributed by atoms with Gasteiger partial charge in [-0.2, -0.15) is 4.98 Å². The molecule has 1 aromatic heterocycles. The van der Waals surface area contributed by atoms with Crippen molar-refractivity contribution in [3.63, 3.8) is 0 Å². The molecule has 1 amide bonds. The Morgan fingerprint density at radius 2 is 1.64 bits per heavy atom. The van der Waals surface area contributed by atoms with Crippen LogP contribution in [0.3, 0.4) is 0 Å². The summed E-state index contributed by atoms with van der Waals surface area (Å²) >= 11 is 0. The van der Waals surface area contributed by atoms with Crippen LogP contribution < -0.4 is 5.32 Å². The maximum Gasteiger partial charge on any atom is 0.407 e. The third-order valence-corrected chi connectivity index (χ3v) is 6.29. The molecule has 0 aliphatic heterocycles. The number of hydrogen-bond donors (Lipinski definition) is 2. The lowest BCUT2D eigenvalue weighted by Gasteiger charge is -2.18. The molecule has 0 saturated heterocycles. The van der Waals surface area contributed by atoms with E-state index < -0.39 is 18.1 Å². The second-order valence-corrected chi connectivity index (χ2v) is 8.85. The van der Waals surface area contributed by atoms with Crippen molar-refractivity contribution in [2.75, 3.05) is 6.61 Å². The number of carbonyl (C=O) groups is 2. The molecule has 1 atom stereocenters. The number of aliphatic carboxylic acids is 1. The molecule has 0 saturated carbocycles. The van der Waals surface area contributed by atoms with Crippen LogP contribution in [0.15, 0.2) is 77.3 Å². The fraction of sp³-hybridized carbons (Fsp3) is 0.214. The van der Waals surface area contributed by atoms with Crippen LogP contribution >= 0.6 is 0 Å². The minimum absolute atomic E-state index is 0.0648. The first-order valence-electron chi connectivity index (χ1n) is 11.7. The number of nitrogens with zero attached hydrogens (tertiary/aromatic N) is 2. The summed E-state index contributed by atoms with van der Waals surface area (Å²) in [4.78, 5) is 28.5. The first-order valence-corrected chi connectivity index (χ1v) is 11.7. The van der Waals surface area contributed by atoms with Crippen LogP contribution in [0.1, 0.15) is 34.9 Å². The average Bonchev–Trinajstić information content (AvgIpc) is 3.45. The molecule has 3 aromatic carbocycles. The highest BCUT2D eigenvalue weighted by atomic mass is 16.5. The minimum Gasteiger partial charge on any atom is -0.481 e. The van der Waals surface area contributed by atoms with Crippen molar-refractivity contribution in [3.8, 4) is 22.5 Å². The zero-order valence-corrected chi connectivity index (χ0v) is 19.7. The van der Waals surface area contributed by atoms with Gasteiger partial charge in [0, 0.05) is 17.9 Å². The molecular weight excluding hydrogens is 458 g/mol. The lowest BCUT2D eigenvalue weighted by molar-refractivity contribution is -0.137. The predicted molar refractivity (Wildman–Crippen MR) is 132 cm³/mol. The van der Waals surface area contributed by atoms with Crippen molar-refractivity contribution >= 4 is 12.1 Å². The number of carboxylic acid groups (broad SMARTS) is 1. The van der Waals surface area contributed by atoms with Gasteiger partial charge in [-0.15, -0.1) is 0 Å². The van der Waals surface area contributed by atoms with Gasteiger partial charge in [-0.1, -0.05) is 83.5 Å². The van der Waals surface area contributed by atoms with E-state index >= 15 is 0 Å². The second-order valence-electron chi connectivity index (χ2n) is 8.85. The first-order chi connectivity index (χ1) is 17.5. The maximum absolute atomic E-state index is 12.7. The predicted octanol–water partition coefficient (Wildman–Crippen LogP) is 4.97. The molecule has 8 nitrogen and oxygen atoms in total. The van der Waals surface area contributed by atoms with Crippen LogP contribution in [0, 0.1) is 6.92 Å². The highest BCUT2D eigenvalue weighted by Gasteiger charge is 2.29. The zero-order valence-electron chi connectivity index (χ0n) is 19.7. The Balaban J connectivity index is 1.24. The normalized spacial score (nSPS) is 13.0. The Morgan fingerprint density at radius 3 is 2.28 bits per heavy atom. The minimum atomic E-state index is -1.06. The molecule has 5 rings (SSSR count). The SMILES string of the molecule is Cc1ccc(-c2noc(C[C@H](CC(=O)O)NC(=O)OCC3c4ccccc4-c4ccccc43)n2)cc1. The van der Waals surface area contributed by atoms with E-state index in [1.165, 1.54) is 0 Å². The van der Waals surface area contributed by atoms with E-state index in [-0.39, 0.29) is 31.3 Å². The molecule has 0 fully saturated rings. The molecule has 0 radical (unpaired) electrons. The maximum atomic E-state index is 12.7. The highest BCUT2D eigenvalue weighted by Crippen LogP contribution is 2.44. The average molecular weight is 484 g/mol. The van der Waals surface area contributed by atoms with Crippen molar-refractivity contribution < 1.29 is 24.0 Å². The Bertz CT molecular complexity index is 1350. The third kappa shape index (κ3) is 4.98. The molecule has 0 spiro atoms.